The second-order valence-corrected chi connectivity index (χ2v) is 4.57. The fourth-order valence-corrected chi connectivity index (χ4v) is 2.09. The van der Waals surface area contributed by atoms with E-state index in [-0.39, 0.29) is 17.7 Å². The van der Waals surface area contributed by atoms with Gasteiger partial charge in [-0.05, 0) is 33.2 Å². The minimum absolute atomic E-state index is 0.0877. The number of carbonyl (C=O) groups is 1. The summed E-state index contributed by atoms with van der Waals surface area (Å²) in [4.78, 5) is 12.2. The molecule has 1 aliphatic rings. The standard InChI is InChI=1S/C11H18N4O/c1-8(2)15-10(7-13-14-15)11(16)9-4-3-5-12-6-9/h7-9,12H,3-6H2,1-2H3. The van der Waals surface area contributed by atoms with Crippen LogP contribution in [-0.4, -0.2) is 33.9 Å². The van der Waals surface area contributed by atoms with E-state index in [9.17, 15) is 4.79 Å². The molecule has 0 bridgehead atoms. The first-order valence-corrected chi connectivity index (χ1v) is 5.85. The van der Waals surface area contributed by atoms with Crippen LogP contribution in [0.5, 0.6) is 0 Å². The molecule has 0 saturated carbocycles. The topological polar surface area (TPSA) is 59.8 Å². The second-order valence-electron chi connectivity index (χ2n) is 4.57. The highest BCUT2D eigenvalue weighted by Gasteiger charge is 2.25. The zero-order chi connectivity index (χ0) is 11.5. The van der Waals surface area contributed by atoms with Crippen LogP contribution in [0.3, 0.4) is 0 Å². The number of rotatable bonds is 3. The van der Waals surface area contributed by atoms with Gasteiger partial charge in [-0.1, -0.05) is 5.21 Å². The molecule has 16 heavy (non-hydrogen) atoms. The number of ketones is 1. The lowest BCUT2D eigenvalue weighted by Gasteiger charge is -2.21. The number of nitrogens with zero attached hydrogens (tertiary/aromatic N) is 3. The summed E-state index contributed by atoms with van der Waals surface area (Å²) < 4.78 is 1.71. The first-order chi connectivity index (χ1) is 7.70. The Labute approximate surface area is 95.2 Å². The van der Waals surface area contributed by atoms with Crippen molar-refractivity contribution in [1.29, 1.82) is 0 Å². The zero-order valence-electron chi connectivity index (χ0n) is 9.81. The summed E-state index contributed by atoms with van der Waals surface area (Å²) in [7, 11) is 0. The Hall–Kier alpha value is -1.23. The summed E-state index contributed by atoms with van der Waals surface area (Å²) >= 11 is 0. The van der Waals surface area contributed by atoms with E-state index in [1.54, 1.807) is 10.9 Å². The molecule has 0 spiro atoms. The lowest BCUT2D eigenvalue weighted by molar-refractivity contribution is 0.0886. The minimum Gasteiger partial charge on any atom is -0.316 e. The number of nitrogens with one attached hydrogen (secondary N) is 1. The van der Waals surface area contributed by atoms with E-state index in [4.69, 9.17) is 0 Å². The van der Waals surface area contributed by atoms with E-state index < -0.39 is 0 Å². The minimum atomic E-state index is 0.0877. The van der Waals surface area contributed by atoms with Crippen LogP contribution >= 0.6 is 0 Å². The SMILES string of the molecule is CC(C)n1nncc1C(=O)C1CCCNC1. The van der Waals surface area contributed by atoms with Crippen LogP contribution in [0.1, 0.15) is 43.2 Å². The first kappa shape index (κ1) is 11.3. The van der Waals surface area contributed by atoms with Gasteiger partial charge in [0.05, 0.1) is 6.20 Å². The molecular weight excluding hydrogens is 204 g/mol. The van der Waals surface area contributed by atoms with Crippen molar-refractivity contribution in [3.05, 3.63) is 11.9 Å². The highest BCUT2D eigenvalue weighted by atomic mass is 16.1. The third-order valence-corrected chi connectivity index (χ3v) is 2.98. The maximum atomic E-state index is 12.2. The molecule has 1 atom stereocenters. The van der Waals surface area contributed by atoms with Gasteiger partial charge in [0.15, 0.2) is 5.78 Å². The van der Waals surface area contributed by atoms with E-state index in [2.05, 4.69) is 15.6 Å². The molecule has 0 aromatic carbocycles. The van der Waals surface area contributed by atoms with Gasteiger partial charge in [0.25, 0.3) is 0 Å². The maximum absolute atomic E-state index is 12.2. The Morgan fingerprint density at radius 1 is 1.62 bits per heavy atom. The zero-order valence-corrected chi connectivity index (χ0v) is 9.81. The van der Waals surface area contributed by atoms with Crippen molar-refractivity contribution in [3.8, 4) is 0 Å². The van der Waals surface area contributed by atoms with Crippen molar-refractivity contribution in [2.45, 2.75) is 32.7 Å². The fraction of sp³-hybridized carbons (Fsp3) is 0.727. The molecule has 88 valence electrons. The van der Waals surface area contributed by atoms with Crippen LogP contribution in [-0.2, 0) is 0 Å². The van der Waals surface area contributed by atoms with Gasteiger partial charge in [0.2, 0.25) is 0 Å². The van der Waals surface area contributed by atoms with Gasteiger partial charge in [-0.3, -0.25) is 4.79 Å². The fourth-order valence-electron chi connectivity index (χ4n) is 2.09. The third kappa shape index (κ3) is 2.14. The van der Waals surface area contributed by atoms with Crippen LogP contribution < -0.4 is 5.32 Å². The molecular formula is C11H18N4O. The number of hydrogen-bond donors (Lipinski definition) is 1. The van der Waals surface area contributed by atoms with Gasteiger partial charge in [-0.2, -0.15) is 0 Å². The smallest absolute Gasteiger partial charge is 0.186 e. The molecule has 2 rings (SSSR count). The monoisotopic (exact) mass is 222 g/mol. The number of aromatic nitrogens is 3. The molecule has 1 unspecified atom stereocenters. The summed E-state index contributed by atoms with van der Waals surface area (Å²) in [6.07, 6.45) is 3.62. The van der Waals surface area contributed by atoms with Gasteiger partial charge in [-0.15, -0.1) is 5.10 Å². The molecule has 1 aliphatic heterocycles. The summed E-state index contributed by atoms with van der Waals surface area (Å²) in [6.45, 7) is 5.81. The lowest BCUT2D eigenvalue weighted by Crippen LogP contribution is -2.35. The largest absolute Gasteiger partial charge is 0.316 e. The molecule has 1 N–H and O–H groups in total. The Morgan fingerprint density at radius 3 is 3.06 bits per heavy atom. The highest BCUT2D eigenvalue weighted by molar-refractivity contribution is 5.96. The normalized spacial score (nSPS) is 21.3. The summed E-state index contributed by atoms with van der Waals surface area (Å²) in [5.41, 5.74) is 0.642. The summed E-state index contributed by atoms with van der Waals surface area (Å²) in [5, 5.41) is 11.0. The molecule has 1 saturated heterocycles. The molecule has 2 heterocycles. The van der Waals surface area contributed by atoms with Gasteiger partial charge >= 0.3 is 0 Å². The van der Waals surface area contributed by atoms with Gasteiger partial charge in [-0.25, -0.2) is 4.68 Å². The molecule has 0 radical (unpaired) electrons. The molecule has 1 aromatic heterocycles. The maximum Gasteiger partial charge on any atom is 0.186 e. The van der Waals surface area contributed by atoms with E-state index >= 15 is 0 Å². The lowest BCUT2D eigenvalue weighted by atomic mass is 9.93. The predicted octanol–water partition coefficient (Wildman–Crippen LogP) is 1.04. The van der Waals surface area contributed by atoms with E-state index in [1.165, 1.54) is 0 Å². The van der Waals surface area contributed by atoms with Crippen LogP contribution in [0.2, 0.25) is 0 Å². The molecule has 0 amide bonds. The van der Waals surface area contributed by atoms with Crippen molar-refractivity contribution < 1.29 is 4.79 Å². The predicted molar refractivity (Wildman–Crippen MR) is 60.3 cm³/mol. The van der Waals surface area contributed by atoms with E-state index in [0.29, 0.717) is 5.69 Å². The Balaban J connectivity index is 2.16. The second kappa shape index (κ2) is 4.74. The number of piperidine rings is 1. The van der Waals surface area contributed by atoms with E-state index in [0.717, 1.165) is 25.9 Å². The Morgan fingerprint density at radius 2 is 2.44 bits per heavy atom. The molecule has 5 nitrogen and oxygen atoms in total. The van der Waals surface area contributed by atoms with Crippen LogP contribution in [0.25, 0.3) is 0 Å². The van der Waals surface area contributed by atoms with Crippen LogP contribution in [0.15, 0.2) is 6.20 Å². The van der Waals surface area contributed by atoms with Crippen molar-refractivity contribution in [2.75, 3.05) is 13.1 Å². The number of carbonyl (C=O) groups excluding carboxylic acids is 1. The van der Waals surface area contributed by atoms with Gasteiger partial charge < -0.3 is 5.32 Å². The van der Waals surface area contributed by atoms with Crippen molar-refractivity contribution in [1.82, 2.24) is 20.3 Å². The third-order valence-electron chi connectivity index (χ3n) is 2.98. The quantitative estimate of drug-likeness (QED) is 0.776. The average molecular weight is 222 g/mol. The average Bonchev–Trinajstić information content (AvgIpc) is 2.78. The molecule has 1 aromatic rings. The van der Waals surface area contributed by atoms with Gasteiger partial charge in [0, 0.05) is 18.5 Å². The highest BCUT2D eigenvalue weighted by Crippen LogP contribution is 2.17. The first-order valence-electron chi connectivity index (χ1n) is 5.85. The Kier molecular flexibility index (Phi) is 3.33. The van der Waals surface area contributed by atoms with Crippen LogP contribution in [0.4, 0.5) is 0 Å². The van der Waals surface area contributed by atoms with Gasteiger partial charge in [0.1, 0.15) is 5.69 Å². The Bertz CT molecular complexity index is 366. The molecule has 1 fully saturated rings. The van der Waals surface area contributed by atoms with Crippen molar-refractivity contribution in [3.63, 3.8) is 0 Å². The number of hydrogen-bond acceptors (Lipinski definition) is 4. The van der Waals surface area contributed by atoms with Crippen molar-refractivity contribution >= 4 is 5.78 Å². The van der Waals surface area contributed by atoms with Crippen LogP contribution in [0, 0.1) is 5.92 Å². The van der Waals surface area contributed by atoms with Crippen molar-refractivity contribution in [2.24, 2.45) is 5.92 Å². The summed E-state index contributed by atoms with van der Waals surface area (Å²) in [6, 6.07) is 0.179. The number of Topliss-reactive ketones (excluding diaryl/α,β-unsaturated/α-hetero) is 1. The molecule has 0 aliphatic carbocycles. The summed E-state index contributed by atoms with van der Waals surface area (Å²) in [5.74, 6) is 0.260. The molecule has 5 heteroatoms. The van der Waals surface area contributed by atoms with E-state index in [1.807, 2.05) is 13.8 Å².